The van der Waals surface area contributed by atoms with Crippen LogP contribution in [0.5, 0.6) is 5.88 Å². The van der Waals surface area contributed by atoms with E-state index in [1.165, 1.54) is 12.3 Å². The molecular formula is C16H25F3N4O. The lowest BCUT2D eigenvalue weighted by Gasteiger charge is -2.12. The maximum atomic E-state index is 12.1. The quantitative estimate of drug-likeness (QED) is 0.561. The minimum atomic E-state index is -4.37. The molecule has 0 saturated carbocycles. The Morgan fingerprint density at radius 2 is 2.04 bits per heavy atom. The lowest BCUT2D eigenvalue weighted by atomic mass is 10.1. The first-order valence-electron chi connectivity index (χ1n) is 7.97. The maximum Gasteiger partial charge on any atom is 0.422 e. The highest BCUT2D eigenvalue weighted by Crippen LogP contribution is 2.17. The molecule has 136 valence electrons. The number of aliphatic imine (C=N–C) groups is 1. The van der Waals surface area contributed by atoms with E-state index in [9.17, 15) is 13.2 Å². The predicted octanol–water partition coefficient (Wildman–Crippen LogP) is 3.12. The Morgan fingerprint density at radius 1 is 1.29 bits per heavy atom. The van der Waals surface area contributed by atoms with E-state index in [1.807, 2.05) is 6.92 Å². The molecule has 0 aliphatic carbocycles. The zero-order valence-electron chi connectivity index (χ0n) is 14.3. The fourth-order valence-corrected chi connectivity index (χ4v) is 1.74. The summed E-state index contributed by atoms with van der Waals surface area (Å²) in [6.07, 6.45) is -1.86. The molecule has 1 aromatic heterocycles. The molecule has 1 aromatic rings. The fraction of sp³-hybridized carbons (Fsp3) is 0.625. The van der Waals surface area contributed by atoms with Gasteiger partial charge in [0.1, 0.15) is 0 Å². The van der Waals surface area contributed by atoms with Crippen molar-refractivity contribution in [1.29, 1.82) is 0 Å². The van der Waals surface area contributed by atoms with Crippen LogP contribution in [0.15, 0.2) is 23.3 Å². The molecule has 0 atom stereocenters. The summed E-state index contributed by atoms with van der Waals surface area (Å²) < 4.78 is 40.8. The first-order valence-corrected chi connectivity index (χ1v) is 7.97. The lowest BCUT2D eigenvalue weighted by Crippen LogP contribution is -2.38. The van der Waals surface area contributed by atoms with Crippen LogP contribution in [-0.2, 0) is 6.54 Å². The standard InChI is InChI=1S/C16H25F3N4O/c1-4-20-15(21-8-7-12(2)3)23-10-13-5-6-14(22-9-13)24-11-16(17,18)19/h5-6,9,12H,4,7-8,10-11H2,1-3H3,(H2,20,21,23). The minimum absolute atomic E-state index is 0.0537. The first-order chi connectivity index (χ1) is 11.3. The van der Waals surface area contributed by atoms with Crippen LogP contribution in [0.1, 0.15) is 32.8 Å². The number of ether oxygens (including phenoxy) is 1. The monoisotopic (exact) mass is 346 g/mol. The summed E-state index contributed by atoms with van der Waals surface area (Å²) >= 11 is 0. The summed E-state index contributed by atoms with van der Waals surface area (Å²) in [5.41, 5.74) is 0.787. The molecule has 1 heterocycles. The van der Waals surface area contributed by atoms with Gasteiger partial charge in [-0.25, -0.2) is 9.98 Å². The van der Waals surface area contributed by atoms with Crippen molar-refractivity contribution in [2.45, 2.75) is 39.9 Å². The second kappa shape index (κ2) is 10.00. The fourth-order valence-electron chi connectivity index (χ4n) is 1.74. The molecule has 0 spiro atoms. The summed E-state index contributed by atoms with van der Waals surface area (Å²) in [7, 11) is 0. The van der Waals surface area contributed by atoms with E-state index in [0.717, 1.165) is 25.1 Å². The number of guanidine groups is 1. The summed E-state index contributed by atoms with van der Waals surface area (Å²) in [6, 6.07) is 3.07. The average Bonchev–Trinajstić information content (AvgIpc) is 2.50. The lowest BCUT2D eigenvalue weighted by molar-refractivity contribution is -0.154. The second-order valence-electron chi connectivity index (χ2n) is 5.71. The van der Waals surface area contributed by atoms with Gasteiger partial charge in [-0.3, -0.25) is 0 Å². The van der Waals surface area contributed by atoms with Crippen LogP contribution >= 0.6 is 0 Å². The van der Waals surface area contributed by atoms with Crippen LogP contribution in [0, 0.1) is 5.92 Å². The Morgan fingerprint density at radius 3 is 2.58 bits per heavy atom. The molecule has 0 aliphatic rings. The molecule has 0 bridgehead atoms. The molecule has 0 fully saturated rings. The van der Waals surface area contributed by atoms with Crippen molar-refractivity contribution in [3.63, 3.8) is 0 Å². The van der Waals surface area contributed by atoms with Gasteiger partial charge in [-0.15, -0.1) is 0 Å². The van der Waals surface area contributed by atoms with E-state index >= 15 is 0 Å². The summed E-state index contributed by atoms with van der Waals surface area (Å²) in [5, 5.41) is 6.38. The van der Waals surface area contributed by atoms with Gasteiger partial charge in [-0.2, -0.15) is 13.2 Å². The molecule has 0 saturated heterocycles. The summed E-state index contributed by atoms with van der Waals surface area (Å²) in [5.74, 6) is 1.26. The first kappa shape index (κ1) is 20.1. The smallest absolute Gasteiger partial charge is 0.422 e. The van der Waals surface area contributed by atoms with Crippen LogP contribution in [0.4, 0.5) is 13.2 Å². The van der Waals surface area contributed by atoms with Gasteiger partial charge in [0.2, 0.25) is 5.88 Å². The van der Waals surface area contributed by atoms with Crippen molar-refractivity contribution < 1.29 is 17.9 Å². The largest absolute Gasteiger partial charge is 0.468 e. The third kappa shape index (κ3) is 9.22. The van der Waals surface area contributed by atoms with Gasteiger partial charge in [-0.1, -0.05) is 19.9 Å². The number of halogens is 3. The van der Waals surface area contributed by atoms with Crippen molar-refractivity contribution in [1.82, 2.24) is 15.6 Å². The van der Waals surface area contributed by atoms with Crippen LogP contribution in [0.3, 0.4) is 0 Å². The molecule has 0 aliphatic heterocycles. The number of aromatic nitrogens is 1. The van der Waals surface area contributed by atoms with Gasteiger partial charge in [0.25, 0.3) is 0 Å². The normalized spacial score (nSPS) is 12.4. The Bertz CT molecular complexity index is 501. The number of hydrogen-bond donors (Lipinski definition) is 2. The van der Waals surface area contributed by atoms with Gasteiger partial charge in [-0.05, 0) is 24.8 Å². The molecular weight excluding hydrogens is 321 g/mol. The minimum Gasteiger partial charge on any atom is -0.468 e. The van der Waals surface area contributed by atoms with Gasteiger partial charge in [0.05, 0.1) is 6.54 Å². The zero-order valence-corrected chi connectivity index (χ0v) is 14.3. The molecule has 0 radical (unpaired) electrons. The maximum absolute atomic E-state index is 12.1. The van der Waals surface area contributed by atoms with Crippen molar-refractivity contribution in [3.8, 4) is 5.88 Å². The van der Waals surface area contributed by atoms with Gasteiger partial charge in [0, 0.05) is 25.4 Å². The van der Waals surface area contributed by atoms with Gasteiger partial charge in [0.15, 0.2) is 12.6 Å². The molecule has 24 heavy (non-hydrogen) atoms. The van der Waals surface area contributed by atoms with Crippen molar-refractivity contribution >= 4 is 5.96 Å². The molecule has 0 unspecified atom stereocenters. The highest BCUT2D eigenvalue weighted by Gasteiger charge is 2.28. The third-order valence-electron chi connectivity index (χ3n) is 2.96. The number of alkyl halides is 3. The number of hydrogen-bond acceptors (Lipinski definition) is 3. The Hall–Kier alpha value is -1.99. The molecule has 0 amide bonds. The Balaban J connectivity index is 2.53. The van der Waals surface area contributed by atoms with Crippen LogP contribution in [0.25, 0.3) is 0 Å². The van der Waals surface area contributed by atoms with Crippen molar-refractivity contribution in [2.24, 2.45) is 10.9 Å². The molecule has 8 heteroatoms. The summed E-state index contributed by atoms with van der Waals surface area (Å²) in [4.78, 5) is 8.29. The number of rotatable bonds is 8. The van der Waals surface area contributed by atoms with Crippen LogP contribution < -0.4 is 15.4 Å². The Labute approximate surface area is 140 Å². The van der Waals surface area contributed by atoms with E-state index in [2.05, 4.69) is 39.2 Å². The Kier molecular flexibility index (Phi) is 8.35. The topological polar surface area (TPSA) is 58.5 Å². The molecule has 5 nitrogen and oxygen atoms in total. The number of nitrogens with zero attached hydrogens (tertiary/aromatic N) is 2. The van der Waals surface area contributed by atoms with Gasteiger partial charge < -0.3 is 15.4 Å². The van der Waals surface area contributed by atoms with Crippen LogP contribution in [0.2, 0.25) is 0 Å². The number of nitrogens with one attached hydrogen (secondary N) is 2. The molecule has 0 aromatic carbocycles. The van der Waals surface area contributed by atoms with Crippen molar-refractivity contribution in [2.75, 3.05) is 19.7 Å². The highest BCUT2D eigenvalue weighted by atomic mass is 19.4. The van der Waals surface area contributed by atoms with Crippen LogP contribution in [-0.4, -0.2) is 36.8 Å². The van der Waals surface area contributed by atoms with E-state index in [4.69, 9.17) is 0 Å². The van der Waals surface area contributed by atoms with Gasteiger partial charge >= 0.3 is 6.18 Å². The van der Waals surface area contributed by atoms with E-state index in [1.54, 1.807) is 6.07 Å². The van der Waals surface area contributed by atoms with E-state index < -0.39 is 12.8 Å². The summed E-state index contributed by atoms with van der Waals surface area (Å²) in [6.45, 7) is 6.89. The SMILES string of the molecule is CCNC(=NCc1ccc(OCC(F)(F)F)nc1)NCCC(C)C. The third-order valence-corrected chi connectivity index (χ3v) is 2.96. The average molecular weight is 346 g/mol. The van der Waals surface area contributed by atoms with E-state index in [0.29, 0.717) is 18.4 Å². The zero-order chi connectivity index (χ0) is 18.0. The molecule has 1 rings (SSSR count). The molecule has 2 N–H and O–H groups in total. The predicted molar refractivity (Wildman–Crippen MR) is 88.1 cm³/mol. The second-order valence-corrected chi connectivity index (χ2v) is 5.71. The highest BCUT2D eigenvalue weighted by molar-refractivity contribution is 5.79. The van der Waals surface area contributed by atoms with Crippen molar-refractivity contribution in [3.05, 3.63) is 23.9 Å². The number of pyridine rings is 1. The van der Waals surface area contributed by atoms with E-state index in [-0.39, 0.29) is 5.88 Å².